The zero-order valence-electron chi connectivity index (χ0n) is 13.2. The Bertz CT molecular complexity index is 864. The fourth-order valence-corrected chi connectivity index (χ4v) is 3.88. The van der Waals surface area contributed by atoms with Gasteiger partial charge in [-0.1, -0.05) is 12.1 Å². The first-order valence-electron chi connectivity index (χ1n) is 7.58. The van der Waals surface area contributed by atoms with Gasteiger partial charge in [0.2, 0.25) is 0 Å². The molecule has 0 bridgehead atoms. The molecule has 0 aliphatic heterocycles. The van der Waals surface area contributed by atoms with Crippen LogP contribution < -0.4 is 0 Å². The quantitative estimate of drug-likeness (QED) is 0.772. The van der Waals surface area contributed by atoms with Gasteiger partial charge in [0, 0.05) is 35.6 Å². The molecule has 124 valence electrons. The van der Waals surface area contributed by atoms with Crippen LogP contribution in [0.3, 0.4) is 0 Å². The molecule has 1 N–H and O–H groups in total. The van der Waals surface area contributed by atoms with Crippen LogP contribution >= 0.6 is 11.3 Å². The molecule has 6 heteroatoms. The van der Waals surface area contributed by atoms with Gasteiger partial charge in [-0.2, -0.15) is 0 Å². The van der Waals surface area contributed by atoms with Crippen LogP contribution in [0.2, 0.25) is 0 Å². The highest BCUT2D eigenvalue weighted by molar-refractivity contribution is 7.21. The number of carbonyl (C=O) groups is 1. The van der Waals surface area contributed by atoms with Crippen molar-refractivity contribution in [2.24, 2.45) is 0 Å². The molecule has 1 aromatic carbocycles. The second-order valence-corrected chi connectivity index (χ2v) is 6.53. The second kappa shape index (κ2) is 7.07. The largest absolute Gasteiger partial charge is 0.395 e. The number of nitrogens with zero attached hydrogens (tertiary/aromatic N) is 2. The Morgan fingerprint density at radius 3 is 2.83 bits per heavy atom. The highest BCUT2D eigenvalue weighted by Crippen LogP contribution is 2.33. The number of pyridine rings is 1. The van der Waals surface area contributed by atoms with E-state index in [1.54, 1.807) is 36.4 Å². The number of fused-ring (bicyclic) bond motifs is 1. The van der Waals surface area contributed by atoms with Gasteiger partial charge in [-0.3, -0.25) is 9.78 Å². The minimum absolute atomic E-state index is 0.135. The maximum Gasteiger partial charge on any atom is 0.264 e. The molecule has 0 atom stereocenters. The molecule has 0 fully saturated rings. The molecule has 3 rings (SSSR count). The Morgan fingerprint density at radius 1 is 1.33 bits per heavy atom. The average Bonchev–Trinajstić information content (AvgIpc) is 2.93. The predicted octanol–water partition coefficient (Wildman–Crippen LogP) is 3.38. The maximum absolute atomic E-state index is 14.1. The normalized spacial score (nSPS) is 11.0. The van der Waals surface area contributed by atoms with E-state index in [4.69, 9.17) is 0 Å². The lowest BCUT2D eigenvalue weighted by Crippen LogP contribution is -2.33. The van der Waals surface area contributed by atoms with E-state index in [0.29, 0.717) is 22.4 Å². The monoisotopic (exact) mass is 344 g/mol. The van der Waals surface area contributed by atoms with E-state index in [1.807, 2.05) is 12.1 Å². The molecule has 0 radical (unpaired) electrons. The third kappa shape index (κ3) is 3.16. The number of hydrogen-bond acceptors (Lipinski definition) is 4. The Hall–Kier alpha value is -2.31. The van der Waals surface area contributed by atoms with Gasteiger partial charge in [0.05, 0.1) is 11.5 Å². The zero-order valence-corrected chi connectivity index (χ0v) is 14.0. The highest BCUT2D eigenvalue weighted by Gasteiger charge is 2.22. The van der Waals surface area contributed by atoms with Gasteiger partial charge >= 0.3 is 0 Å². The number of amides is 1. The van der Waals surface area contributed by atoms with Crippen molar-refractivity contribution < 1.29 is 14.3 Å². The summed E-state index contributed by atoms with van der Waals surface area (Å²) < 4.78 is 14.8. The van der Waals surface area contributed by atoms with E-state index in [2.05, 4.69) is 4.98 Å². The molecule has 0 aliphatic carbocycles. The molecule has 0 aliphatic rings. The molecule has 0 saturated heterocycles. The van der Waals surface area contributed by atoms with Crippen molar-refractivity contribution in [1.29, 1.82) is 0 Å². The third-order valence-corrected chi connectivity index (χ3v) is 5.10. The summed E-state index contributed by atoms with van der Waals surface area (Å²) in [6.45, 7) is 2.19. The van der Waals surface area contributed by atoms with Crippen molar-refractivity contribution in [3.63, 3.8) is 0 Å². The standard InChI is InChI=1S/C18H17FN2O2S/c1-12-16-14(19)5-2-6-15(16)24-17(12)18(23)21(8-9-22)11-13-4-3-7-20-10-13/h2-7,10,22H,8-9,11H2,1H3. The summed E-state index contributed by atoms with van der Waals surface area (Å²) in [7, 11) is 0. The first kappa shape index (κ1) is 16.5. The zero-order chi connectivity index (χ0) is 17.1. The molecule has 2 aromatic heterocycles. The number of benzene rings is 1. The summed E-state index contributed by atoms with van der Waals surface area (Å²) in [5.74, 6) is -0.521. The summed E-state index contributed by atoms with van der Waals surface area (Å²) in [6, 6.07) is 8.53. The fourth-order valence-electron chi connectivity index (χ4n) is 2.69. The third-order valence-electron chi connectivity index (χ3n) is 3.85. The van der Waals surface area contributed by atoms with Crippen molar-refractivity contribution in [3.8, 4) is 0 Å². The van der Waals surface area contributed by atoms with Crippen LogP contribution in [0, 0.1) is 12.7 Å². The van der Waals surface area contributed by atoms with Gasteiger partial charge in [0.25, 0.3) is 5.91 Å². The lowest BCUT2D eigenvalue weighted by Gasteiger charge is -2.21. The number of hydrogen-bond donors (Lipinski definition) is 1. The van der Waals surface area contributed by atoms with Crippen molar-refractivity contribution in [1.82, 2.24) is 9.88 Å². The predicted molar refractivity (Wildman–Crippen MR) is 92.6 cm³/mol. The Labute approximate surface area is 143 Å². The van der Waals surface area contributed by atoms with Crippen LogP contribution in [0.5, 0.6) is 0 Å². The summed E-state index contributed by atoms with van der Waals surface area (Å²) in [4.78, 5) is 19.0. The number of aryl methyl sites for hydroxylation is 1. The second-order valence-electron chi connectivity index (χ2n) is 5.48. The minimum atomic E-state index is -0.318. The molecule has 0 unspecified atom stereocenters. The van der Waals surface area contributed by atoms with Crippen LogP contribution in [0.15, 0.2) is 42.7 Å². The van der Waals surface area contributed by atoms with E-state index in [9.17, 15) is 14.3 Å². The van der Waals surface area contributed by atoms with Gasteiger partial charge in [0.15, 0.2) is 0 Å². The Morgan fingerprint density at radius 2 is 2.17 bits per heavy atom. The van der Waals surface area contributed by atoms with E-state index in [1.165, 1.54) is 17.4 Å². The number of aromatic nitrogens is 1. The first-order valence-corrected chi connectivity index (χ1v) is 8.40. The van der Waals surface area contributed by atoms with Crippen LogP contribution in [0.4, 0.5) is 4.39 Å². The van der Waals surface area contributed by atoms with E-state index < -0.39 is 0 Å². The first-order chi connectivity index (χ1) is 11.6. The summed E-state index contributed by atoms with van der Waals surface area (Å²) >= 11 is 1.28. The molecule has 3 aromatic rings. The number of thiophene rings is 1. The molecule has 24 heavy (non-hydrogen) atoms. The Kier molecular flexibility index (Phi) is 4.87. The average molecular weight is 344 g/mol. The molecule has 4 nitrogen and oxygen atoms in total. The lowest BCUT2D eigenvalue weighted by atomic mass is 10.1. The van der Waals surface area contributed by atoms with Crippen LogP contribution in [-0.2, 0) is 6.54 Å². The highest BCUT2D eigenvalue weighted by atomic mass is 32.1. The molecule has 2 heterocycles. The summed E-state index contributed by atoms with van der Waals surface area (Å²) in [6.07, 6.45) is 3.36. The molecular formula is C18H17FN2O2S. The van der Waals surface area contributed by atoms with E-state index in [-0.39, 0.29) is 24.9 Å². The number of carbonyl (C=O) groups excluding carboxylic acids is 1. The van der Waals surface area contributed by atoms with Crippen LogP contribution in [0.1, 0.15) is 20.8 Å². The van der Waals surface area contributed by atoms with Crippen molar-refractivity contribution in [3.05, 3.63) is 64.5 Å². The maximum atomic E-state index is 14.1. The number of rotatable bonds is 5. The lowest BCUT2D eigenvalue weighted by molar-refractivity contribution is 0.0712. The van der Waals surface area contributed by atoms with Gasteiger partial charge in [-0.15, -0.1) is 11.3 Å². The number of aliphatic hydroxyl groups is 1. The van der Waals surface area contributed by atoms with Gasteiger partial charge in [-0.05, 0) is 36.2 Å². The summed E-state index contributed by atoms with van der Waals surface area (Å²) in [5.41, 5.74) is 1.52. The Balaban J connectivity index is 1.96. The van der Waals surface area contributed by atoms with Gasteiger partial charge < -0.3 is 10.0 Å². The topological polar surface area (TPSA) is 53.4 Å². The van der Waals surface area contributed by atoms with Crippen molar-refractivity contribution in [2.75, 3.05) is 13.2 Å². The van der Waals surface area contributed by atoms with Gasteiger partial charge in [0.1, 0.15) is 5.82 Å². The van der Waals surface area contributed by atoms with Gasteiger partial charge in [-0.25, -0.2) is 4.39 Å². The van der Waals surface area contributed by atoms with E-state index >= 15 is 0 Å². The van der Waals surface area contributed by atoms with E-state index in [0.717, 1.165) is 10.3 Å². The van der Waals surface area contributed by atoms with Crippen LogP contribution in [0.25, 0.3) is 10.1 Å². The van der Waals surface area contributed by atoms with Crippen LogP contribution in [-0.4, -0.2) is 34.0 Å². The SMILES string of the molecule is Cc1c(C(=O)N(CCO)Cc2cccnc2)sc2cccc(F)c12. The molecule has 1 amide bonds. The van der Waals surface area contributed by atoms with Crippen molar-refractivity contribution in [2.45, 2.75) is 13.5 Å². The smallest absolute Gasteiger partial charge is 0.264 e. The van der Waals surface area contributed by atoms with Crippen molar-refractivity contribution >= 4 is 27.3 Å². The summed E-state index contributed by atoms with van der Waals surface area (Å²) in [5, 5.41) is 9.79. The minimum Gasteiger partial charge on any atom is -0.395 e. The molecule has 0 saturated carbocycles. The number of aliphatic hydroxyl groups excluding tert-OH is 1. The fraction of sp³-hybridized carbons (Fsp3) is 0.222. The number of halogens is 1. The molecular weight excluding hydrogens is 327 g/mol. The molecule has 0 spiro atoms.